The van der Waals surface area contributed by atoms with Gasteiger partial charge < -0.3 is 9.64 Å². The summed E-state index contributed by atoms with van der Waals surface area (Å²) in [4.78, 5) is 17.6. The van der Waals surface area contributed by atoms with E-state index >= 15 is 0 Å². The summed E-state index contributed by atoms with van der Waals surface area (Å²) in [5.74, 6) is 1.16. The number of benzene rings is 1. The molecule has 0 radical (unpaired) electrons. The monoisotopic (exact) mass is 410 g/mol. The van der Waals surface area contributed by atoms with Crippen LogP contribution in [-0.4, -0.2) is 60.6 Å². The zero-order chi connectivity index (χ0) is 20.9. The third-order valence-corrected chi connectivity index (χ3v) is 7.06. The van der Waals surface area contributed by atoms with E-state index in [1.165, 1.54) is 36.8 Å². The summed E-state index contributed by atoms with van der Waals surface area (Å²) in [6.07, 6.45) is 11.0. The van der Waals surface area contributed by atoms with Crippen LogP contribution in [0.4, 0.5) is 0 Å². The van der Waals surface area contributed by atoms with Crippen LogP contribution in [0.3, 0.4) is 0 Å². The van der Waals surface area contributed by atoms with E-state index in [9.17, 15) is 4.79 Å². The molecule has 0 spiro atoms. The Morgan fingerprint density at radius 2 is 1.83 bits per heavy atom. The van der Waals surface area contributed by atoms with Crippen molar-refractivity contribution >= 4 is 5.91 Å². The number of carbonyl (C=O) groups excluding carboxylic acids is 1. The molecule has 164 valence electrons. The van der Waals surface area contributed by atoms with Crippen LogP contribution in [0.25, 0.3) is 0 Å². The summed E-state index contributed by atoms with van der Waals surface area (Å²) < 4.78 is 5.84. The van der Waals surface area contributed by atoms with Gasteiger partial charge in [-0.3, -0.25) is 9.69 Å². The number of likely N-dealkylation sites (tertiary alicyclic amines) is 1. The number of fused-ring (bicyclic) bond motifs is 1. The first-order valence-corrected chi connectivity index (χ1v) is 12.0. The number of piperidine rings is 1. The molecule has 1 atom stereocenters. The van der Waals surface area contributed by atoms with Crippen LogP contribution < -0.4 is 0 Å². The first-order chi connectivity index (χ1) is 14.6. The summed E-state index contributed by atoms with van der Waals surface area (Å²) >= 11 is 0. The van der Waals surface area contributed by atoms with Crippen molar-refractivity contribution in [1.82, 2.24) is 9.80 Å². The lowest BCUT2D eigenvalue weighted by molar-refractivity contribution is -0.128. The number of nitrogens with zero attached hydrogens (tertiary/aromatic N) is 2. The highest BCUT2D eigenvalue weighted by atomic mass is 16.5. The van der Waals surface area contributed by atoms with Crippen LogP contribution in [0, 0.1) is 11.8 Å². The van der Waals surface area contributed by atoms with Gasteiger partial charge in [0.05, 0.1) is 6.10 Å². The zero-order valence-corrected chi connectivity index (χ0v) is 18.8. The summed E-state index contributed by atoms with van der Waals surface area (Å²) in [5, 5.41) is 0. The number of amides is 1. The molecule has 0 aromatic heterocycles. The third kappa shape index (κ3) is 5.53. The molecular weight excluding hydrogens is 372 g/mol. The predicted molar refractivity (Wildman–Crippen MR) is 121 cm³/mol. The quantitative estimate of drug-likeness (QED) is 0.635. The maximum atomic E-state index is 12.9. The number of ether oxygens (including phenoxy) is 1. The molecule has 30 heavy (non-hydrogen) atoms. The van der Waals surface area contributed by atoms with Gasteiger partial charge in [0.1, 0.15) is 0 Å². The lowest BCUT2D eigenvalue weighted by Crippen LogP contribution is -2.46. The van der Waals surface area contributed by atoms with Crippen molar-refractivity contribution in [3.05, 3.63) is 47.5 Å². The van der Waals surface area contributed by atoms with Crippen LogP contribution in [0.15, 0.2) is 36.4 Å². The smallest absolute Gasteiger partial charge is 0.246 e. The molecule has 4 nitrogen and oxygen atoms in total. The number of hydrogen-bond donors (Lipinski definition) is 0. The Balaban J connectivity index is 1.30. The minimum Gasteiger partial charge on any atom is -0.376 e. The fraction of sp³-hybridized carbons (Fsp3) is 0.654. The Labute approximate surface area is 182 Å². The molecule has 2 heterocycles. The Kier molecular flexibility index (Phi) is 7.27. The number of hydrogen-bond acceptors (Lipinski definition) is 3. The molecule has 1 unspecified atom stereocenters. The molecule has 2 aliphatic heterocycles. The van der Waals surface area contributed by atoms with Gasteiger partial charge in [-0.05, 0) is 80.7 Å². The van der Waals surface area contributed by atoms with Crippen LogP contribution in [0.2, 0.25) is 0 Å². The van der Waals surface area contributed by atoms with Gasteiger partial charge >= 0.3 is 0 Å². The van der Waals surface area contributed by atoms with Crippen LogP contribution in [0.5, 0.6) is 0 Å². The van der Waals surface area contributed by atoms with Gasteiger partial charge in [-0.15, -0.1) is 0 Å². The van der Waals surface area contributed by atoms with Crippen molar-refractivity contribution in [1.29, 1.82) is 0 Å². The second kappa shape index (κ2) is 10.1. The average Bonchev–Trinajstić information content (AvgIpc) is 3.41. The highest BCUT2D eigenvalue weighted by molar-refractivity contribution is 5.87. The van der Waals surface area contributed by atoms with Gasteiger partial charge in [-0.25, -0.2) is 0 Å². The van der Waals surface area contributed by atoms with E-state index in [2.05, 4.69) is 47.9 Å². The van der Waals surface area contributed by atoms with E-state index < -0.39 is 0 Å². The Bertz CT molecular complexity index is 705. The molecule has 3 aliphatic rings. The van der Waals surface area contributed by atoms with Crippen molar-refractivity contribution in [3.63, 3.8) is 0 Å². The van der Waals surface area contributed by atoms with E-state index in [1.807, 2.05) is 6.08 Å². The molecule has 2 saturated heterocycles. The van der Waals surface area contributed by atoms with E-state index in [-0.39, 0.29) is 12.0 Å². The first kappa shape index (κ1) is 21.6. The highest BCUT2D eigenvalue weighted by Crippen LogP contribution is 2.29. The minimum absolute atomic E-state index is 0.160. The number of allylic oxidation sites excluding steroid dienone is 1. The van der Waals surface area contributed by atoms with Crippen molar-refractivity contribution in [2.24, 2.45) is 11.8 Å². The molecule has 4 rings (SSSR count). The maximum absolute atomic E-state index is 12.9. The average molecular weight is 411 g/mol. The maximum Gasteiger partial charge on any atom is 0.246 e. The SMILES string of the molecule is CC(C)/C=C/C(=O)N(CC1CCN(C2Cc3ccccc3C2)CC1)CC1CCCO1. The fourth-order valence-electron chi connectivity index (χ4n) is 5.27. The molecule has 2 fully saturated rings. The molecule has 1 amide bonds. The van der Waals surface area contributed by atoms with E-state index in [1.54, 1.807) is 6.08 Å². The third-order valence-electron chi connectivity index (χ3n) is 7.06. The zero-order valence-electron chi connectivity index (χ0n) is 18.8. The topological polar surface area (TPSA) is 32.8 Å². The van der Waals surface area contributed by atoms with Crippen LogP contribution in [0.1, 0.15) is 50.7 Å². The first-order valence-electron chi connectivity index (χ1n) is 12.0. The van der Waals surface area contributed by atoms with Crippen molar-refractivity contribution in [2.45, 2.75) is 64.5 Å². The summed E-state index contributed by atoms with van der Waals surface area (Å²) in [7, 11) is 0. The molecule has 0 saturated carbocycles. The van der Waals surface area contributed by atoms with Gasteiger partial charge in [0.2, 0.25) is 5.91 Å². The highest BCUT2D eigenvalue weighted by Gasteiger charge is 2.31. The van der Waals surface area contributed by atoms with E-state index in [0.717, 1.165) is 45.6 Å². The summed E-state index contributed by atoms with van der Waals surface area (Å²) in [5.41, 5.74) is 3.07. The van der Waals surface area contributed by atoms with Crippen molar-refractivity contribution in [2.75, 3.05) is 32.8 Å². The molecule has 1 aromatic carbocycles. The standard InChI is InChI=1S/C26H38N2O2/c1-20(2)9-10-26(29)28(19-25-8-5-15-30-25)18-21-11-13-27(14-12-21)24-16-22-6-3-4-7-23(22)17-24/h3-4,6-7,9-10,20-21,24-25H,5,8,11-19H2,1-2H3/b10-9+. The Hall–Kier alpha value is -1.65. The molecule has 0 N–H and O–H groups in total. The number of carbonyl (C=O) groups is 1. The van der Waals surface area contributed by atoms with E-state index in [4.69, 9.17) is 4.74 Å². The normalized spacial score (nSPS) is 23.5. The lowest BCUT2D eigenvalue weighted by Gasteiger charge is -2.38. The molecule has 0 bridgehead atoms. The minimum atomic E-state index is 0.160. The second-order valence-electron chi connectivity index (χ2n) is 9.79. The predicted octanol–water partition coefficient (Wildman–Crippen LogP) is 4.09. The van der Waals surface area contributed by atoms with Crippen LogP contribution in [-0.2, 0) is 22.4 Å². The Morgan fingerprint density at radius 1 is 1.13 bits per heavy atom. The largest absolute Gasteiger partial charge is 0.376 e. The molecule has 1 aromatic rings. The fourth-order valence-corrected chi connectivity index (χ4v) is 5.27. The van der Waals surface area contributed by atoms with Gasteiger partial charge in [0.25, 0.3) is 0 Å². The van der Waals surface area contributed by atoms with Gasteiger partial charge in [-0.1, -0.05) is 44.2 Å². The number of rotatable bonds is 7. The van der Waals surface area contributed by atoms with Crippen molar-refractivity contribution < 1.29 is 9.53 Å². The second-order valence-corrected chi connectivity index (χ2v) is 9.79. The molecular formula is C26H38N2O2. The van der Waals surface area contributed by atoms with E-state index in [0.29, 0.717) is 17.9 Å². The lowest BCUT2D eigenvalue weighted by atomic mass is 9.94. The van der Waals surface area contributed by atoms with Crippen molar-refractivity contribution in [3.8, 4) is 0 Å². The summed E-state index contributed by atoms with van der Waals surface area (Å²) in [6.45, 7) is 9.02. The molecule has 4 heteroatoms. The van der Waals surface area contributed by atoms with Crippen LogP contribution >= 0.6 is 0 Å². The van der Waals surface area contributed by atoms with Gasteiger partial charge in [0.15, 0.2) is 0 Å². The van der Waals surface area contributed by atoms with Gasteiger partial charge in [0, 0.05) is 25.7 Å². The Morgan fingerprint density at radius 3 is 2.43 bits per heavy atom. The summed E-state index contributed by atoms with van der Waals surface area (Å²) in [6, 6.07) is 9.59. The molecule has 1 aliphatic carbocycles. The van der Waals surface area contributed by atoms with Gasteiger partial charge in [-0.2, -0.15) is 0 Å².